The fourth-order valence-corrected chi connectivity index (χ4v) is 2.76. The van der Waals surface area contributed by atoms with Crippen LogP contribution < -0.4 is 5.56 Å². The fraction of sp³-hybridized carbons (Fsp3) is 0.286. The highest BCUT2D eigenvalue weighted by atomic mass is 32.2. The van der Waals surface area contributed by atoms with E-state index >= 15 is 0 Å². The summed E-state index contributed by atoms with van der Waals surface area (Å²) in [6.45, 7) is 1.61. The number of hydrogen-bond acceptors (Lipinski definition) is 4. The van der Waals surface area contributed by atoms with Crippen LogP contribution in [0.25, 0.3) is 0 Å². The van der Waals surface area contributed by atoms with Crippen LogP contribution in [0.15, 0.2) is 39.1 Å². The summed E-state index contributed by atoms with van der Waals surface area (Å²) in [5, 5.41) is 9.63. The molecule has 1 aromatic carbocycles. The van der Waals surface area contributed by atoms with E-state index in [2.05, 4.69) is 9.97 Å². The van der Waals surface area contributed by atoms with Crippen molar-refractivity contribution in [3.63, 3.8) is 0 Å². The molecule has 106 valence electrons. The molecule has 0 radical (unpaired) electrons. The van der Waals surface area contributed by atoms with E-state index in [1.54, 1.807) is 12.1 Å². The van der Waals surface area contributed by atoms with Crippen molar-refractivity contribution in [2.24, 2.45) is 0 Å². The molecule has 1 aromatic heterocycles. The van der Waals surface area contributed by atoms with Gasteiger partial charge in [0.05, 0.1) is 6.61 Å². The van der Waals surface area contributed by atoms with Gasteiger partial charge in [0.15, 0.2) is 5.16 Å². The number of aliphatic hydroxyl groups excluding tert-OH is 1. The first-order valence-electron chi connectivity index (χ1n) is 6.30. The number of benzene rings is 1. The van der Waals surface area contributed by atoms with Crippen molar-refractivity contribution in [3.05, 3.63) is 51.7 Å². The summed E-state index contributed by atoms with van der Waals surface area (Å²) < 4.78 is 13.6. The molecule has 2 rings (SSSR count). The van der Waals surface area contributed by atoms with Crippen LogP contribution in [0, 0.1) is 5.82 Å². The van der Waals surface area contributed by atoms with Crippen LogP contribution in [0.2, 0.25) is 0 Å². The summed E-state index contributed by atoms with van der Waals surface area (Å²) >= 11 is 1.14. The molecule has 0 bridgehead atoms. The predicted molar refractivity (Wildman–Crippen MR) is 75.3 cm³/mol. The average molecular weight is 294 g/mol. The Labute approximate surface area is 120 Å². The maximum absolute atomic E-state index is 13.6. The molecule has 6 heteroatoms. The van der Waals surface area contributed by atoms with Gasteiger partial charge in [-0.3, -0.25) is 4.79 Å². The Hall–Kier alpha value is -1.66. The number of nitrogens with one attached hydrogen (secondary N) is 1. The first-order valence-corrected chi connectivity index (χ1v) is 7.12. The monoisotopic (exact) mass is 294 g/mol. The number of halogens is 1. The van der Waals surface area contributed by atoms with E-state index in [1.165, 1.54) is 12.1 Å². The van der Waals surface area contributed by atoms with Crippen LogP contribution in [0.5, 0.6) is 0 Å². The van der Waals surface area contributed by atoms with Crippen molar-refractivity contribution >= 4 is 11.8 Å². The molecule has 2 aromatic rings. The van der Waals surface area contributed by atoms with Gasteiger partial charge in [-0.1, -0.05) is 31.2 Å². The third kappa shape index (κ3) is 3.46. The smallest absolute Gasteiger partial charge is 0.251 e. The number of aromatic amines is 1. The highest BCUT2D eigenvalue weighted by Gasteiger charge is 2.10. The molecule has 0 fully saturated rings. The number of aromatic nitrogens is 2. The summed E-state index contributed by atoms with van der Waals surface area (Å²) in [5.74, 6) is -0.468. The van der Waals surface area contributed by atoms with Crippen LogP contribution in [-0.4, -0.2) is 15.1 Å². The topological polar surface area (TPSA) is 66.0 Å². The first-order chi connectivity index (χ1) is 9.63. The van der Waals surface area contributed by atoms with Crippen molar-refractivity contribution in [2.45, 2.75) is 36.4 Å². The molecule has 0 saturated heterocycles. The Balaban J connectivity index is 2.35. The molecule has 0 aliphatic rings. The maximum Gasteiger partial charge on any atom is 0.251 e. The van der Waals surface area contributed by atoms with E-state index in [4.69, 9.17) is 0 Å². The van der Waals surface area contributed by atoms with Gasteiger partial charge in [0.1, 0.15) is 5.82 Å². The normalized spacial score (nSPS) is 10.8. The molecule has 20 heavy (non-hydrogen) atoms. The number of nitrogens with zero attached hydrogens (tertiary/aromatic N) is 1. The molecule has 0 unspecified atom stereocenters. The summed E-state index contributed by atoms with van der Waals surface area (Å²) in [6.07, 6.45) is 1.61. The number of hydrogen-bond donors (Lipinski definition) is 2. The number of aryl methyl sites for hydroxylation is 1. The van der Waals surface area contributed by atoms with E-state index in [-0.39, 0.29) is 11.1 Å². The summed E-state index contributed by atoms with van der Waals surface area (Å²) in [4.78, 5) is 19.1. The largest absolute Gasteiger partial charge is 0.392 e. The van der Waals surface area contributed by atoms with Crippen molar-refractivity contribution in [1.29, 1.82) is 0 Å². The van der Waals surface area contributed by atoms with Crippen molar-refractivity contribution < 1.29 is 9.50 Å². The minimum absolute atomic E-state index is 0.209. The lowest BCUT2D eigenvalue weighted by molar-refractivity contribution is 0.272. The predicted octanol–water partition coefficient (Wildman–Crippen LogP) is 2.51. The van der Waals surface area contributed by atoms with Crippen LogP contribution in [0.1, 0.15) is 24.6 Å². The third-order valence-electron chi connectivity index (χ3n) is 2.72. The summed E-state index contributed by atoms with van der Waals surface area (Å²) in [6, 6.07) is 6.00. The van der Waals surface area contributed by atoms with Gasteiger partial charge in [-0.15, -0.1) is 0 Å². The van der Waals surface area contributed by atoms with Crippen molar-refractivity contribution in [2.75, 3.05) is 0 Å². The van der Waals surface area contributed by atoms with E-state index in [9.17, 15) is 14.3 Å². The molecule has 1 heterocycles. The Morgan fingerprint density at radius 3 is 2.95 bits per heavy atom. The lowest BCUT2D eigenvalue weighted by Crippen LogP contribution is -2.10. The van der Waals surface area contributed by atoms with Gasteiger partial charge in [-0.2, -0.15) is 0 Å². The first kappa shape index (κ1) is 14.7. The van der Waals surface area contributed by atoms with Crippen LogP contribution in [0.4, 0.5) is 4.39 Å². The highest BCUT2D eigenvalue weighted by molar-refractivity contribution is 7.99. The molecular formula is C14H15FN2O2S. The minimum Gasteiger partial charge on any atom is -0.392 e. The molecule has 0 saturated carbocycles. The number of rotatable bonds is 5. The van der Waals surface area contributed by atoms with Gasteiger partial charge in [-0.05, 0) is 18.6 Å². The Kier molecular flexibility index (Phi) is 4.92. The fourth-order valence-electron chi connectivity index (χ4n) is 1.81. The molecule has 0 aliphatic heterocycles. The second-order valence-electron chi connectivity index (χ2n) is 4.27. The molecule has 0 amide bonds. The van der Waals surface area contributed by atoms with Crippen molar-refractivity contribution in [3.8, 4) is 0 Å². The van der Waals surface area contributed by atoms with E-state index in [0.717, 1.165) is 18.2 Å². The second kappa shape index (κ2) is 6.67. The quantitative estimate of drug-likeness (QED) is 0.832. The van der Waals surface area contributed by atoms with Crippen LogP contribution in [-0.2, 0) is 13.0 Å². The Morgan fingerprint density at radius 2 is 2.25 bits per heavy atom. The van der Waals surface area contributed by atoms with Crippen LogP contribution in [0.3, 0.4) is 0 Å². The molecular weight excluding hydrogens is 279 g/mol. The minimum atomic E-state index is -0.468. The molecule has 4 nitrogen and oxygen atoms in total. The zero-order valence-corrected chi connectivity index (χ0v) is 11.8. The standard InChI is InChI=1S/C14H15FN2O2S/c1-2-4-9-7-13(19)17-14(16-9)20-12-6-3-5-11(15)10(12)8-18/h3,5-7,18H,2,4,8H2,1H3,(H,16,17,19). The van der Waals surface area contributed by atoms with Gasteiger partial charge < -0.3 is 10.1 Å². The third-order valence-corrected chi connectivity index (χ3v) is 3.71. The molecule has 0 atom stereocenters. The zero-order chi connectivity index (χ0) is 14.5. The Bertz CT molecular complexity index is 658. The zero-order valence-electron chi connectivity index (χ0n) is 11.0. The van der Waals surface area contributed by atoms with Gasteiger partial charge >= 0.3 is 0 Å². The van der Waals surface area contributed by atoms with Gasteiger partial charge in [-0.25, -0.2) is 9.37 Å². The van der Waals surface area contributed by atoms with Gasteiger partial charge in [0.2, 0.25) is 0 Å². The second-order valence-corrected chi connectivity index (χ2v) is 5.30. The van der Waals surface area contributed by atoms with E-state index in [0.29, 0.717) is 22.2 Å². The lowest BCUT2D eigenvalue weighted by atomic mass is 10.2. The number of aliphatic hydroxyl groups is 1. The Morgan fingerprint density at radius 1 is 1.45 bits per heavy atom. The SMILES string of the molecule is CCCc1cc(=O)[nH]c(Sc2cccc(F)c2CO)n1. The van der Waals surface area contributed by atoms with E-state index < -0.39 is 12.4 Å². The van der Waals surface area contributed by atoms with Crippen molar-refractivity contribution in [1.82, 2.24) is 9.97 Å². The number of H-pyrrole nitrogens is 1. The molecule has 0 spiro atoms. The average Bonchev–Trinajstić information content (AvgIpc) is 2.38. The lowest BCUT2D eigenvalue weighted by Gasteiger charge is -2.08. The van der Waals surface area contributed by atoms with Crippen LogP contribution >= 0.6 is 11.8 Å². The molecule has 2 N–H and O–H groups in total. The summed E-state index contributed by atoms with van der Waals surface area (Å²) in [5.41, 5.74) is 0.689. The van der Waals surface area contributed by atoms with Gasteiger partial charge in [0, 0.05) is 22.2 Å². The molecule has 0 aliphatic carbocycles. The van der Waals surface area contributed by atoms with Gasteiger partial charge in [0.25, 0.3) is 5.56 Å². The van der Waals surface area contributed by atoms with E-state index in [1.807, 2.05) is 6.92 Å². The maximum atomic E-state index is 13.6. The highest BCUT2D eigenvalue weighted by Crippen LogP contribution is 2.29. The summed E-state index contributed by atoms with van der Waals surface area (Å²) in [7, 11) is 0.